The van der Waals surface area contributed by atoms with E-state index in [1.165, 1.54) is 18.5 Å². The molecular weight excluding hydrogens is 288 g/mol. The maximum Gasteiger partial charge on any atom is 0.247 e. The van der Waals surface area contributed by atoms with Crippen LogP contribution in [0.4, 0.5) is 0 Å². The molecule has 1 atom stereocenters. The lowest BCUT2D eigenvalue weighted by Crippen LogP contribution is -2.24. The summed E-state index contributed by atoms with van der Waals surface area (Å²) in [5, 5.41) is 8.41. The van der Waals surface area contributed by atoms with Crippen molar-refractivity contribution in [2.24, 2.45) is 7.05 Å². The quantitative estimate of drug-likeness (QED) is 0.741. The number of aromatic nitrogens is 3. The fraction of sp³-hybridized carbons (Fsp3) is 0.333. The SMILES string of the molecule is Cn1cccc1C1CCCN1Cc1nnc(-c2ccccc2)o1. The lowest BCUT2D eigenvalue weighted by atomic mass is 10.1. The van der Waals surface area contributed by atoms with Gasteiger partial charge in [-0.25, -0.2) is 0 Å². The van der Waals surface area contributed by atoms with Crippen molar-refractivity contribution in [3.63, 3.8) is 0 Å². The standard InChI is InChI=1S/C18H20N4O/c1-21-11-5-9-15(21)16-10-6-12-22(16)13-17-19-20-18(23-17)14-7-3-2-4-8-14/h2-5,7-9,11,16H,6,10,12-13H2,1H3. The predicted octanol–water partition coefficient (Wildman–Crippen LogP) is 3.41. The Bertz CT molecular complexity index is 777. The van der Waals surface area contributed by atoms with Crippen molar-refractivity contribution in [2.75, 3.05) is 6.54 Å². The molecule has 1 fully saturated rings. The maximum absolute atomic E-state index is 5.86. The molecule has 2 aromatic heterocycles. The molecular formula is C18H20N4O. The summed E-state index contributed by atoms with van der Waals surface area (Å²) in [6.07, 6.45) is 4.49. The number of nitrogens with zero attached hydrogens (tertiary/aromatic N) is 4. The molecule has 0 N–H and O–H groups in total. The molecule has 0 radical (unpaired) electrons. The molecule has 23 heavy (non-hydrogen) atoms. The van der Waals surface area contributed by atoms with Gasteiger partial charge in [-0.15, -0.1) is 10.2 Å². The molecule has 1 aromatic carbocycles. The van der Waals surface area contributed by atoms with Gasteiger partial charge in [0.25, 0.3) is 0 Å². The highest BCUT2D eigenvalue weighted by Gasteiger charge is 2.28. The van der Waals surface area contributed by atoms with Gasteiger partial charge in [-0.2, -0.15) is 0 Å². The van der Waals surface area contributed by atoms with Crippen molar-refractivity contribution in [3.8, 4) is 11.5 Å². The van der Waals surface area contributed by atoms with Crippen molar-refractivity contribution in [2.45, 2.75) is 25.4 Å². The van der Waals surface area contributed by atoms with Crippen LogP contribution in [0, 0.1) is 0 Å². The number of likely N-dealkylation sites (tertiary alicyclic amines) is 1. The number of rotatable bonds is 4. The Kier molecular flexibility index (Phi) is 3.71. The minimum absolute atomic E-state index is 0.432. The second kappa shape index (κ2) is 6.01. The van der Waals surface area contributed by atoms with Crippen molar-refractivity contribution in [3.05, 3.63) is 60.2 Å². The van der Waals surface area contributed by atoms with E-state index in [1.807, 2.05) is 30.3 Å². The van der Waals surface area contributed by atoms with Gasteiger partial charge in [0.05, 0.1) is 12.6 Å². The van der Waals surface area contributed by atoms with Crippen LogP contribution < -0.4 is 0 Å². The van der Waals surface area contributed by atoms with E-state index >= 15 is 0 Å². The fourth-order valence-corrected chi connectivity index (χ4v) is 3.36. The molecule has 1 unspecified atom stereocenters. The molecule has 0 aliphatic carbocycles. The normalized spacial score (nSPS) is 18.6. The van der Waals surface area contributed by atoms with Crippen LogP contribution in [0.1, 0.15) is 30.5 Å². The summed E-state index contributed by atoms with van der Waals surface area (Å²) in [6.45, 7) is 1.77. The first kappa shape index (κ1) is 14.2. The van der Waals surface area contributed by atoms with Gasteiger partial charge in [-0.3, -0.25) is 4.90 Å². The van der Waals surface area contributed by atoms with Gasteiger partial charge in [0.2, 0.25) is 11.8 Å². The van der Waals surface area contributed by atoms with Crippen molar-refractivity contribution in [1.29, 1.82) is 0 Å². The number of hydrogen-bond donors (Lipinski definition) is 0. The average Bonchev–Trinajstić information content (AvgIpc) is 3.30. The Labute approximate surface area is 135 Å². The third kappa shape index (κ3) is 2.80. The smallest absolute Gasteiger partial charge is 0.247 e. The number of hydrogen-bond acceptors (Lipinski definition) is 4. The first-order valence-electron chi connectivity index (χ1n) is 8.04. The Morgan fingerprint density at radius 1 is 1.13 bits per heavy atom. The fourth-order valence-electron chi connectivity index (χ4n) is 3.36. The van der Waals surface area contributed by atoms with Gasteiger partial charge in [0.15, 0.2) is 0 Å². The zero-order chi connectivity index (χ0) is 15.6. The van der Waals surface area contributed by atoms with E-state index in [9.17, 15) is 0 Å². The molecule has 1 aliphatic heterocycles. The van der Waals surface area contributed by atoms with Crippen molar-refractivity contribution < 1.29 is 4.42 Å². The van der Waals surface area contributed by atoms with Crippen LogP contribution in [-0.4, -0.2) is 26.2 Å². The van der Waals surface area contributed by atoms with Gasteiger partial charge in [0.1, 0.15) is 0 Å². The Morgan fingerprint density at radius 2 is 2.00 bits per heavy atom. The highest BCUT2D eigenvalue weighted by atomic mass is 16.4. The summed E-state index contributed by atoms with van der Waals surface area (Å²) in [5.41, 5.74) is 2.32. The molecule has 0 amide bonds. The molecule has 0 bridgehead atoms. The highest BCUT2D eigenvalue weighted by Crippen LogP contribution is 2.33. The van der Waals surface area contributed by atoms with E-state index in [4.69, 9.17) is 4.42 Å². The second-order valence-corrected chi connectivity index (χ2v) is 6.04. The second-order valence-electron chi connectivity index (χ2n) is 6.04. The summed E-state index contributed by atoms with van der Waals surface area (Å²) in [5.74, 6) is 1.28. The lowest BCUT2D eigenvalue weighted by molar-refractivity contribution is 0.218. The number of benzene rings is 1. The van der Waals surface area contributed by atoms with E-state index < -0.39 is 0 Å². The first-order valence-corrected chi connectivity index (χ1v) is 8.04. The van der Waals surface area contributed by atoms with E-state index in [0.29, 0.717) is 24.4 Å². The summed E-state index contributed by atoms with van der Waals surface area (Å²) in [7, 11) is 2.10. The third-order valence-corrected chi connectivity index (χ3v) is 4.51. The predicted molar refractivity (Wildman–Crippen MR) is 87.5 cm³/mol. The van der Waals surface area contributed by atoms with Crippen LogP contribution in [0.2, 0.25) is 0 Å². The van der Waals surface area contributed by atoms with Crippen LogP contribution in [0.3, 0.4) is 0 Å². The van der Waals surface area contributed by atoms with E-state index in [0.717, 1.165) is 12.1 Å². The monoisotopic (exact) mass is 308 g/mol. The van der Waals surface area contributed by atoms with E-state index in [1.54, 1.807) is 0 Å². The Morgan fingerprint density at radius 3 is 2.78 bits per heavy atom. The summed E-state index contributed by atoms with van der Waals surface area (Å²) in [6, 6.07) is 14.6. The van der Waals surface area contributed by atoms with E-state index in [2.05, 4.69) is 45.0 Å². The average molecular weight is 308 g/mol. The molecule has 1 saturated heterocycles. The molecule has 3 heterocycles. The third-order valence-electron chi connectivity index (χ3n) is 4.51. The van der Waals surface area contributed by atoms with Crippen molar-refractivity contribution >= 4 is 0 Å². The van der Waals surface area contributed by atoms with E-state index in [-0.39, 0.29) is 0 Å². The lowest BCUT2D eigenvalue weighted by Gasteiger charge is -2.23. The minimum atomic E-state index is 0.432. The van der Waals surface area contributed by atoms with Gasteiger partial charge < -0.3 is 8.98 Å². The molecule has 0 saturated carbocycles. The van der Waals surface area contributed by atoms with Gasteiger partial charge in [-0.05, 0) is 43.7 Å². The molecule has 1 aliphatic rings. The largest absolute Gasteiger partial charge is 0.419 e. The summed E-state index contributed by atoms with van der Waals surface area (Å²) < 4.78 is 8.06. The minimum Gasteiger partial charge on any atom is -0.419 e. The number of aryl methyl sites for hydroxylation is 1. The summed E-state index contributed by atoms with van der Waals surface area (Å²) in [4.78, 5) is 2.43. The van der Waals surface area contributed by atoms with Crippen LogP contribution in [0.15, 0.2) is 53.1 Å². The van der Waals surface area contributed by atoms with Crippen LogP contribution in [-0.2, 0) is 13.6 Å². The molecule has 5 nitrogen and oxygen atoms in total. The topological polar surface area (TPSA) is 47.1 Å². The van der Waals surface area contributed by atoms with Crippen LogP contribution in [0.25, 0.3) is 11.5 Å². The first-order chi connectivity index (χ1) is 11.3. The molecule has 5 heteroatoms. The van der Waals surface area contributed by atoms with Gasteiger partial charge in [-0.1, -0.05) is 18.2 Å². The van der Waals surface area contributed by atoms with Gasteiger partial charge >= 0.3 is 0 Å². The molecule has 0 spiro atoms. The van der Waals surface area contributed by atoms with Crippen molar-refractivity contribution in [1.82, 2.24) is 19.7 Å². The Balaban J connectivity index is 1.52. The zero-order valence-corrected chi connectivity index (χ0v) is 13.2. The van der Waals surface area contributed by atoms with Gasteiger partial charge in [0, 0.05) is 24.5 Å². The molecule has 3 aromatic rings. The van der Waals surface area contributed by atoms with Crippen LogP contribution >= 0.6 is 0 Å². The zero-order valence-electron chi connectivity index (χ0n) is 13.2. The Hall–Kier alpha value is -2.40. The van der Waals surface area contributed by atoms with Crippen LogP contribution in [0.5, 0.6) is 0 Å². The maximum atomic E-state index is 5.86. The highest BCUT2D eigenvalue weighted by molar-refractivity contribution is 5.51. The molecule has 118 valence electrons. The molecule has 4 rings (SSSR count). The summed E-state index contributed by atoms with van der Waals surface area (Å²) >= 11 is 0.